The van der Waals surface area contributed by atoms with Crippen LogP contribution in [0.1, 0.15) is 5.56 Å². The number of nitrogens with one attached hydrogen (secondary N) is 1. The molecule has 19 heavy (non-hydrogen) atoms. The second kappa shape index (κ2) is 5.95. The highest BCUT2D eigenvalue weighted by Gasteiger charge is 2.08. The van der Waals surface area contributed by atoms with Crippen LogP contribution in [0.5, 0.6) is 11.5 Å². The summed E-state index contributed by atoms with van der Waals surface area (Å²) in [7, 11) is 3.18. The molecule has 0 bridgehead atoms. The minimum Gasteiger partial charge on any atom is -0.493 e. The van der Waals surface area contributed by atoms with Crippen LogP contribution in [0.3, 0.4) is 0 Å². The van der Waals surface area contributed by atoms with Gasteiger partial charge in [-0.15, -0.1) is 0 Å². The molecule has 100 valence electrons. The van der Waals surface area contributed by atoms with Gasteiger partial charge in [-0.05, 0) is 11.6 Å². The van der Waals surface area contributed by atoms with Gasteiger partial charge in [0.1, 0.15) is 0 Å². The fourth-order valence-corrected chi connectivity index (χ4v) is 1.75. The van der Waals surface area contributed by atoms with Crippen molar-refractivity contribution in [3.8, 4) is 11.5 Å². The number of nitrogen functional groups attached to an aromatic ring is 1. The highest BCUT2D eigenvalue weighted by atomic mass is 16.5. The van der Waals surface area contributed by atoms with E-state index in [2.05, 4.69) is 10.3 Å². The Balaban J connectivity index is 2.16. The number of anilines is 2. The summed E-state index contributed by atoms with van der Waals surface area (Å²) in [6.45, 7) is 0.646. The summed E-state index contributed by atoms with van der Waals surface area (Å²) >= 11 is 0. The van der Waals surface area contributed by atoms with Gasteiger partial charge < -0.3 is 20.5 Å². The summed E-state index contributed by atoms with van der Waals surface area (Å²) in [5, 5.41) is 3.25. The van der Waals surface area contributed by atoms with Crippen LogP contribution in [0.2, 0.25) is 0 Å². The van der Waals surface area contributed by atoms with Gasteiger partial charge in [0, 0.05) is 31.1 Å². The first-order valence-electron chi connectivity index (χ1n) is 5.89. The molecule has 0 fully saturated rings. The van der Waals surface area contributed by atoms with Crippen LogP contribution >= 0.6 is 0 Å². The zero-order valence-electron chi connectivity index (χ0n) is 11.0. The van der Waals surface area contributed by atoms with Gasteiger partial charge in [0.05, 0.1) is 25.6 Å². The number of methoxy groups -OCH3 is 2. The van der Waals surface area contributed by atoms with Crippen molar-refractivity contribution in [2.45, 2.75) is 6.54 Å². The molecule has 0 unspecified atom stereocenters. The fraction of sp³-hybridized carbons (Fsp3) is 0.214. The molecule has 0 saturated carbocycles. The molecule has 2 rings (SSSR count). The predicted molar refractivity (Wildman–Crippen MR) is 75.5 cm³/mol. The van der Waals surface area contributed by atoms with Crippen LogP contribution < -0.4 is 20.5 Å². The molecule has 0 aliphatic rings. The highest BCUT2D eigenvalue weighted by molar-refractivity contribution is 5.72. The summed E-state index contributed by atoms with van der Waals surface area (Å²) in [6, 6.07) is 7.46. The molecule has 3 N–H and O–H groups in total. The van der Waals surface area contributed by atoms with Gasteiger partial charge in [0.25, 0.3) is 0 Å². The maximum absolute atomic E-state index is 5.97. The van der Waals surface area contributed by atoms with Crippen molar-refractivity contribution < 1.29 is 9.47 Å². The molecule has 1 aromatic heterocycles. The maximum atomic E-state index is 5.97. The van der Waals surface area contributed by atoms with Crippen LogP contribution in [0, 0.1) is 0 Å². The van der Waals surface area contributed by atoms with Crippen molar-refractivity contribution in [3.05, 3.63) is 42.2 Å². The Morgan fingerprint density at radius 2 is 1.95 bits per heavy atom. The fourth-order valence-electron chi connectivity index (χ4n) is 1.75. The van der Waals surface area contributed by atoms with E-state index >= 15 is 0 Å². The first-order chi connectivity index (χ1) is 9.24. The number of hydrogen-bond donors (Lipinski definition) is 2. The molecule has 1 aromatic carbocycles. The molecule has 0 aliphatic carbocycles. The predicted octanol–water partition coefficient (Wildman–Crippen LogP) is 2.29. The van der Waals surface area contributed by atoms with E-state index < -0.39 is 0 Å². The largest absolute Gasteiger partial charge is 0.493 e. The number of pyridine rings is 1. The van der Waals surface area contributed by atoms with Crippen LogP contribution in [0.15, 0.2) is 36.7 Å². The normalized spacial score (nSPS) is 10.0. The van der Waals surface area contributed by atoms with Crippen molar-refractivity contribution in [2.24, 2.45) is 0 Å². The molecule has 0 aliphatic heterocycles. The first kappa shape index (κ1) is 13.0. The molecule has 2 aromatic rings. The van der Waals surface area contributed by atoms with Gasteiger partial charge in [-0.25, -0.2) is 0 Å². The number of rotatable bonds is 5. The second-order valence-electron chi connectivity index (χ2n) is 4.01. The molecular formula is C14H17N3O2. The van der Waals surface area contributed by atoms with Crippen molar-refractivity contribution in [1.82, 2.24) is 4.98 Å². The third-order valence-corrected chi connectivity index (χ3v) is 2.76. The van der Waals surface area contributed by atoms with E-state index in [0.717, 1.165) is 11.3 Å². The zero-order valence-corrected chi connectivity index (χ0v) is 11.0. The molecular weight excluding hydrogens is 242 g/mol. The zero-order chi connectivity index (χ0) is 13.7. The Labute approximate surface area is 112 Å². The maximum Gasteiger partial charge on any atom is 0.162 e. The highest BCUT2D eigenvalue weighted by Crippen LogP contribution is 2.34. The Hall–Kier alpha value is -2.43. The average molecular weight is 259 g/mol. The number of aromatic nitrogens is 1. The lowest BCUT2D eigenvalue weighted by molar-refractivity contribution is 0.355. The topological polar surface area (TPSA) is 69.4 Å². The molecule has 0 spiro atoms. The van der Waals surface area contributed by atoms with Crippen molar-refractivity contribution >= 4 is 11.4 Å². The summed E-state index contributed by atoms with van der Waals surface area (Å²) < 4.78 is 10.4. The van der Waals surface area contributed by atoms with Gasteiger partial charge in [0.2, 0.25) is 0 Å². The number of nitrogens with zero attached hydrogens (tertiary/aromatic N) is 1. The minimum atomic E-state index is 0.613. The minimum absolute atomic E-state index is 0.613. The van der Waals surface area contributed by atoms with E-state index in [1.807, 2.05) is 24.4 Å². The Morgan fingerprint density at radius 3 is 2.58 bits per heavy atom. The van der Waals surface area contributed by atoms with E-state index in [9.17, 15) is 0 Å². The summed E-state index contributed by atoms with van der Waals surface area (Å²) in [5.41, 5.74) is 8.47. The van der Waals surface area contributed by atoms with Crippen molar-refractivity contribution in [3.63, 3.8) is 0 Å². The van der Waals surface area contributed by atoms with E-state index in [4.69, 9.17) is 15.2 Å². The van der Waals surface area contributed by atoms with E-state index in [1.54, 1.807) is 26.5 Å². The van der Waals surface area contributed by atoms with Crippen LogP contribution in [0.25, 0.3) is 0 Å². The van der Waals surface area contributed by atoms with Crippen molar-refractivity contribution in [2.75, 3.05) is 25.3 Å². The third kappa shape index (κ3) is 3.07. The SMILES string of the molecule is COc1cc(N)c(NCc2cccnc2)cc1OC. The van der Waals surface area contributed by atoms with Gasteiger partial charge in [-0.3, -0.25) is 4.98 Å². The van der Waals surface area contributed by atoms with E-state index in [1.165, 1.54) is 0 Å². The molecule has 0 radical (unpaired) electrons. The molecule has 5 nitrogen and oxygen atoms in total. The third-order valence-electron chi connectivity index (χ3n) is 2.76. The summed E-state index contributed by atoms with van der Waals surface area (Å²) in [5.74, 6) is 1.26. The first-order valence-corrected chi connectivity index (χ1v) is 5.89. The lowest BCUT2D eigenvalue weighted by atomic mass is 10.2. The van der Waals surface area contributed by atoms with Crippen molar-refractivity contribution in [1.29, 1.82) is 0 Å². The van der Waals surface area contributed by atoms with Gasteiger partial charge in [-0.2, -0.15) is 0 Å². The summed E-state index contributed by atoms with van der Waals surface area (Å²) in [6.07, 6.45) is 3.55. The quantitative estimate of drug-likeness (QED) is 0.806. The smallest absolute Gasteiger partial charge is 0.162 e. The Morgan fingerprint density at radius 1 is 1.21 bits per heavy atom. The molecule has 0 saturated heterocycles. The number of benzene rings is 1. The molecule has 5 heteroatoms. The van der Waals surface area contributed by atoms with Gasteiger partial charge in [0.15, 0.2) is 11.5 Å². The van der Waals surface area contributed by atoms with E-state index in [-0.39, 0.29) is 0 Å². The number of ether oxygens (including phenoxy) is 2. The average Bonchev–Trinajstić information content (AvgIpc) is 2.46. The monoisotopic (exact) mass is 259 g/mol. The molecule has 0 atom stereocenters. The number of hydrogen-bond acceptors (Lipinski definition) is 5. The van der Waals surface area contributed by atoms with Gasteiger partial charge in [-0.1, -0.05) is 6.07 Å². The Kier molecular flexibility index (Phi) is 4.07. The molecule has 0 amide bonds. The Bertz CT molecular complexity index is 544. The lowest BCUT2D eigenvalue weighted by Gasteiger charge is -2.14. The van der Waals surface area contributed by atoms with E-state index in [0.29, 0.717) is 23.7 Å². The number of nitrogens with two attached hydrogens (primary N) is 1. The van der Waals surface area contributed by atoms with Gasteiger partial charge >= 0.3 is 0 Å². The van der Waals surface area contributed by atoms with Crippen LogP contribution in [-0.2, 0) is 6.54 Å². The lowest BCUT2D eigenvalue weighted by Crippen LogP contribution is -2.04. The van der Waals surface area contributed by atoms with Crippen LogP contribution in [0.4, 0.5) is 11.4 Å². The molecule has 1 heterocycles. The van der Waals surface area contributed by atoms with Crippen LogP contribution in [-0.4, -0.2) is 19.2 Å². The standard InChI is InChI=1S/C14H17N3O2/c1-18-13-6-11(15)12(7-14(13)19-2)17-9-10-4-3-5-16-8-10/h3-8,17H,9,15H2,1-2H3. The summed E-state index contributed by atoms with van der Waals surface area (Å²) in [4.78, 5) is 4.06. The second-order valence-corrected chi connectivity index (χ2v) is 4.01.